The highest BCUT2D eigenvalue weighted by Gasteiger charge is 2.25. The van der Waals surface area contributed by atoms with Crippen molar-refractivity contribution in [3.8, 4) is 23.0 Å². The summed E-state index contributed by atoms with van der Waals surface area (Å²) in [6.07, 6.45) is 4.42. The van der Waals surface area contributed by atoms with Gasteiger partial charge in [-0.1, -0.05) is 36.7 Å². The Morgan fingerprint density at radius 2 is 2.11 bits per heavy atom. The number of aromatic nitrogens is 3. The van der Waals surface area contributed by atoms with Crippen LogP contribution in [-0.4, -0.2) is 27.9 Å². The van der Waals surface area contributed by atoms with Crippen molar-refractivity contribution in [1.82, 2.24) is 14.8 Å². The molecule has 0 radical (unpaired) electrons. The number of anilines is 1. The van der Waals surface area contributed by atoms with E-state index in [4.69, 9.17) is 21.8 Å². The van der Waals surface area contributed by atoms with E-state index in [0.29, 0.717) is 17.3 Å². The van der Waals surface area contributed by atoms with Crippen molar-refractivity contribution in [2.75, 3.05) is 18.0 Å². The van der Waals surface area contributed by atoms with Crippen LogP contribution >= 0.6 is 11.6 Å². The summed E-state index contributed by atoms with van der Waals surface area (Å²) >= 11 is 6.52. The summed E-state index contributed by atoms with van der Waals surface area (Å²) in [6, 6.07) is 12.1. The smallest absolute Gasteiger partial charge is 0.155 e. The molecule has 1 aliphatic rings. The summed E-state index contributed by atoms with van der Waals surface area (Å²) < 4.78 is 1.66. The highest BCUT2D eigenvalue weighted by molar-refractivity contribution is 6.33. The van der Waals surface area contributed by atoms with Crippen LogP contribution in [0.15, 0.2) is 42.7 Å². The summed E-state index contributed by atoms with van der Waals surface area (Å²) in [7, 11) is 0. The highest BCUT2D eigenvalue weighted by Crippen LogP contribution is 2.39. The van der Waals surface area contributed by atoms with Crippen LogP contribution in [0.2, 0.25) is 5.02 Å². The van der Waals surface area contributed by atoms with Gasteiger partial charge in [0.05, 0.1) is 23.6 Å². The van der Waals surface area contributed by atoms with E-state index in [2.05, 4.69) is 29.1 Å². The second kappa shape index (κ2) is 7.05. The van der Waals surface area contributed by atoms with Crippen LogP contribution in [0.3, 0.4) is 0 Å². The predicted molar refractivity (Wildman–Crippen MR) is 107 cm³/mol. The third-order valence-electron chi connectivity index (χ3n) is 5.02. The Bertz CT molecular complexity index is 1030. The van der Waals surface area contributed by atoms with Gasteiger partial charge in [-0.3, -0.25) is 0 Å². The number of benzene rings is 1. The average molecular weight is 378 g/mol. The third-order valence-corrected chi connectivity index (χ3v) is 5.35. The lowest BCUT2D eigenvalue weighted by molar-refractivity contribution is 0.659. The molecule has 3 aromatic rings. The molecule has 0 aliphatic carbocycles. The Hall–Kier alpha value is -2.84. The van der Waals surface area contributed by atoms with Crippen molar-refractivity contribution in [2.24, 2.45) is 5.92 Å². The lowest BCUT2D eigenvalue weighted by atomic mass is 10.0. The van der Waals surface area contributed by atoms with Gasteiger partial charge in [0.25, 0.3) is 0 Å². The normalized spacial score (nSPS) is 16.5. The Balaban J connectivity index is 1.90. The van der Waals surface area contributed by atoms with Crippen molar-refractivity contribution in [3.05, 3.63) is 59.0 Å². The maximum Gasteiger partial charge on any atom is 0.155 e. The second-order valence-electron chi connectivity index (χ2n) is 7.07. The molecule has 6 heteroatoms. The zero-order valence-corrected chi connectivity index (χ0v) is 16.1. The summed E-state index contributed by atoms with van der Waals surface area (Å²) in [4.78, 5) is 7.16. The Morgan fingerprint density at radius 1 is 1.30 bits per heavy atom. The second-order valence-corrected chi connectivity index (χ2v) is 7.47. The van der Waals surface area contributed by atoms with Gasteiger partial charge in [0.15, 0.2) is 5.82 Å². The first-order valence-electron chi connectivity index (χ1n) is 9.03. The van der Waals surface area contributed by atoms with E-state index in [1.165, 1.54) is 6.42 Å². The van der Waals surface area contributed by atoms with Crippen molar-refractivity contribution >= 4 is 17.3 Å². The number of aryl methyl sites for hydroxylation is 1. The number of rotatable bonds is 3. The van der Waals surface area contributed by atoms with Crippen molar-refractivity contribution in [2.45, 2.75) is 20.3 Å². The SMILES string of the molecule is Cc1nc(-n2cc(C#N)cn2)cc(N2CCC(C)C2)c1-c1ccccc1Cl. The molecule has 27 heavy (non-hydrogen) atoms. The van der Waals surface area contributed by atoms with Crippen LogP contribution in [0.4, 0.5) is 5.69 Å². The van der Waals surface area contributed by atoms with Crippen LogP contribution in [-0.2, 0) is 0 Å². The van der Waals surface area contributed by atoms with Gasteiger partial charge in [-0.25, -0.2) is 9.67 Å². The van der Waals surface area contributed by atoms with E-state index in [1.54, 1.807) is 17.1 Å². The van der Waals surface area contributed by atoms with E-state index in [9.17, 15) is 0 Å². The molecule has 136 valence electrons. The molecule has 0 amide bonds. The summed E-state index contributed by atoms with van der Waals surface area (Å²) in [6.45, 7) is 6.28. The molecule has 2 aromatic heterocycles. The molecule has 1 saturated heterocycles. The number of nitrogens with zero attached hydrogens (tertiary/aromatic N) is 5. The lowest BCUT2D eigenvalue weighted by Crippen LogP contribution is -2.21. The van der Waals surface area contributed by atoms with Crippen LogP contribution in [0, 0.1) is 24.2 Å². The number of halogens is 1. The highest BCUT2D eigenvalue weighted by atomic mass is 35.5. The molecule has 5 nitrogen and oxygen atoms in total. The van der Waals surface area contributed by atoms with Gasteiger partial charge < -0.3 is 4.90 Å². The Morgan fingerprint density at radius 3 is 2.78 bits per heavy atom. The zero-order chi connectivity index (χ0) is 19.0. The fourth-order valence-electron chi connectivity index (χ4n) is 3.66. The molecule has 1 aromatic carbocycles. The summed E-state index contributed by atoms with van der Waals surface area (Å²) in [5, 5.41) is 14.1. The molecule has 1 atom stereocenters. The van der Waals surface area contributed by atoms with Gasteiger partial charge >= 0.3 is 0 Å². The molecular formula is C21H20ClN5. The largest absolute Gasteiger partial charge is 0.371 e. The maximum atomic E-state index is 9.09. The van der Waals surface area contributed by atoms with E-state index >= 15 is 0 Å². The van der Waals surface area contributed by atoms with Crippen molar-refractivity contribution in [3.63, 3.8) is 0 Å². The van der Waals surface area contributed by atoms with Gasteiger partial charge in [0.1, 0.15) is 6.07 Å². The third kappa shape index (κ3) is 3.29. The summed E-state index contributed by atoms with van der Waals surface area (Å²) in [5.41, 5.74) is 4.57. The number of hydrogen-bond donors (Lipinski definition) is 0. The maximum absolute atomic E-state index is 9.09. The van der Waals surface area contributed by atoms with Gasteiger partial charge in [0.2, 0.25) is 0 Å². The number of hydrogen-bond acceptors (Lipinski definition) is 4. The van der Waals surface area contributed by atoms with Crippen molar-refractivity contribution in [1.29, 1.82) is 5.26 Å². The molecule has 0 N–H and O–H groups in total. The topological polar surface area (TPSA) is 57.7 Å². The summed E-state index contributed by atoms with van der Waals surface area (Å²) in [5.74, 6) is 1.36. The van der Waals surface area contributed by atoms with Crippen LogP contribution in [0.1, 0.15) is 24.6 Å². The number of nitriles is 1. The molecule has 0 saturated carbocycles. The minimum atomic E-state index is 0.515. The standard InChI is InChI=1S/C21H20ClN5/c1-14-7-8-26(12-14)19-9-20(27-13-16(10-23)11-24-27)25-15(2)21(19)17-5-3-4-6-18(17)22/h3-6,9,11,13-14H,7-8,12H2,1-2H3. The van der Waals surface area contributed by atoms with Crippen LogP contribution in [0.25, 0.3) is 16.9 Å². The molecule has 0 spiro atoms. The molecule has 0 bridgehead atoms. The average Bonchev–Trinajstić information content (AvgIpc) is 3.31. The van der Waals surface area contributed by atoms with Crippen LogP contribution < -0.4 is 4.90 Å². The van der Waals surface area contributed by atoms with Gasteiger partial charge in [-0.2, -0.15) is 10.4 Å². The minimum Gasteiger partial charge on any atom is -0.371 e. The number of pyridine rings is 1. The molecular weight excluding hydrogens is 358 g/mol. The fraction of sp³-hybridized carbons (Fsp3) is 0.286. The first kappa shape index (κ1) is 17.6. The van der Waals surface area contributed by atoms with Gasteiger partial charge in [-0.05, 0) is 25.3 Å². The Labute approximate surface area is 163 Å². The van der Waals surface area contributed by atoms with Crippen LogP contribution in [0.5, 0.6) is 0 Å². The molecule has 1 aliphatic heterocycles. The van der Waals surface area contributed by atoms with Gasteiger partial charge in [-0.15, -0.1) is 0 Å². The quantitative estimate of drug-likeness (QED) is 0.668. The van der Waals surface area contributed by atoms with E-state index in [-0.39, 0.29) is 0 Å². The Kier molecular flexibility index (Phi) is 4.59. The fourth-order valence-corrected chi connectivity index (χ4v) is 3.89. The predicted octanol–water partition coefficient (Wildman–Crippen LogP) is 4.61. The molecule has 1 fully saturated rings. The lowest BCUT2D eigenvalue weighted by Gasteiger charge is -2.24. The first-order chi connectivity index (χ1) is 13.1. The van der Waals surface area contributed by atoms with Crippen molar-refractivity contribution < 1.29 is 0 Å². The molecule has 1 unspecified atom stereocenters. The monoisotopic (exact) mass is 377 g/mol. The van der Waals surface area contributed by atoms with Gasteiger partial charge in [0, 0.05) is 41.0 Å². The first-order valence-corrected chi connectivity index (χ1v) is 9.41. The molecule has 4 rings (SSSR count). The van der Waals surface area contributed by atoms with E-state index in [0.717, 1.165) is 40.6 Å². The minimum absolute atomic E-state index is 0.515. The van der Waals surface area contributed by atoms with E-state index in [1.807, 2.05) is 31.2 Å². The molecule has 3 heterocycles. The zero-order valence-electron chi connectivity index (χ0n) is 15.4. The van der Waals surface area contributed by atoms with E-state index < -0.39 is 0 Å².